The van der Waals surface area contributed by atoms with Crippen molar-refractivity contribution in [3.05, 3.63) is 70.8 Å². The molecule has 128 valence electrons. The summed E-state index contributed by atoms with van der Waals surface area (Å²) in [5.41, 5.74) is 1.89. The SMILES string of the molecule is CC(C)n1c(-c2cccc(Cl)c2)nnc1C1(c2ccc(F)cc2)CC1. The minimum absolute atomic E-state index is 0.165. The predicted octanol–water partition coefficient (Wildman–Crippen LogP) is 5.40. The fraction of sp³-hybridized carbons (Fsp3) is 0.300. The first-order valence-electron chi connectivity index (χ1n) is 8.49. The van der Waals surface area contributed by atoms with E-state index in [0.29, 0.717) is 5.02 Å². The van der Waals surface area contributed by atoms with Crippen molar-refractivity contribution >= 4 is 11.6 Å². The molecular weight excluding hydrogens is 337 g/mol. The molecular formula is C20H19ClFN3. The van der Waals surface area contributed by atoms with Gasteiger partial charge in [0.2, 0.25) is 0 Å². The van der Waals surface area contributed by atoms with Crippen LogP contribution in [0, 0.1) is 5.82 Å². The van der Waals surface area contributed by atoms with E-state index in [1.165, 1.54) is 12.1 Å². The van der Waals surface area contributed by atoms with Crippen LogP contribution in [0.25, 0.3) is 11.4 Å². The Kier molecular flexibility index (Phi) is 3.88. The third-order valence-electron chi connectivity index (χ3n) is 4.87. The Morgan fingerprint density at radius 3 is 2.40 bits per heavy atom. The van der Waals surface area contributed by atoms with E-state index in [1.807, 2.05) is 36.4 Å². The number of benzene rings is 2. The average molecular weight is 356 g/mol. The minimum Gasteiger partial charge on any atom is -0.308 e. The van der Waals surface area contributed by atoms with Crippen molar-refractivity contribution in [2.75, 3.05) is 0 Å². The molecule has 1 heterocycles. The van der Waals surface area contributed by atoms with E-state index >= 15 is 0 Å². The monoisotopic (exact) mass is 355 g/mol. The van der Waals surface area contributed by atoms with Gasteiger partial charge >= 0.3 is 0 Å². The highest BCUT2D eigenvalue weighted by Crippen LogP contribution is 2.53. The first kappa shape index (κ1) is 16.3. The molecule has 1 fully saturated rings. The smallest absolute Gasteiger partial charge is 0.164 e. The van der Waals surface area contributed by atoms with Gasteiger partial charge in [0, 0.05) is 16.6 Å². The zero-order chi connectivity index (χ0) is 17.6. The molecule has 0 aliphatic heterocycles. The van der Waals surface area contributed by atoms with Gasteiger partial charge in [0.15, 0.2) is 5.82 Å². The van der Waals surface area contributed by atoms with Crippen LogP contribution in [0.1, 0.15) is 44.1 Å². The van der Waals surface area contributed by atoms with Crippen LogP contribution in [-0.4, -0.2) is 14.8 Å². The van der Waals surface area contributed by atoms with Gasteiger partial charge in [-0.2, -0.15) is 0 Å². The Morgan fingerprint density at radius 1 is 1.08 bits per heavy atom. The highest BCUT2D eigenvalue weighted by atomic mass is 35.5. The third-order valence-corrected chi connectivity index (χ3v) is 5.10. The molecule has 0 atom stereocenters. The third kappa shape index (κ3) is 2.74. The molecule has 1 saturated carbocycles. The lowest BCUT2D eigenvalue weighted by Gasteiger charge is -2.20. The van der Waals surface area contributed by atoms with E-state index < -0.39 is 0 Å². The maximum Gasteiger partial charge on any atom is 0.164 e. The lowest BCUT2D eigenvalue weighted by molar-refractivity contribution is 0.547. The van der Waals surface area contributed by atoms with Crippen LogP contribution in [0.15, 0.2) is 48.5 Å². The van der Waals surface area contributed by atoms with Crippen molar-refractivity contribution in [2.24, 2.45) is 0 Å². The number of hydrogen-bond donors (Lipinski definition) is 0. The summed E-state index contributed by atoms with van der Waals surface area (Å²) in [4.78, 5) is 0. The Bertz CT molecular complexity index is 911. The Balaban J connectivity index is 1.85. The Hall–Kier alpha value is -2.20. The van der Waals surface area contributed by atoms with E-state index in [9.17, 15) is 4.39 Å². The quantitative estimate of drug-likeness (QED) is 0.627. The van der Waals surface area contributed by atoms with Gasteiger partial charge in [-0.1, -0.05) is 35.9 Å². The Morgan fingerprint density at radius 2 is 1.80 bits per heavy atom. The second kappa shape index (κ2) is 5.95. The second-order valence-corrected chi connectivity index (χ2v) is 7.35. The minimum atomic E-state index is -0.218. The standard InChI is InChI=1S/C20H19ClFN3/c1-13(2)25-18(14-4-3-5-16(21)12-14)23-24-19(25)20(10-11-20)15-6-8-17(22)9-7-15/h3-9,12-13H,10-11H2,1-2H3. The van der Waals surface area contributed by atoms with Gasteiger partial charge in [0.25, 0.3) is 0 Å². The van der Waals surface area contributed by atoms with Gasteiger partial charge < -0.3 is 4.57 Å². The molecule has 0 amide bonds. The number of rotatable bonds is 4. The summed E-state index contributed by atoms with van der Waals surface area (Å²) >= 11 is 6.15. The second-order valence-electron chi connectivity index (χ2n) is 6.91. The topological polar surface area (TPSA) is 30.7 Å². The van der Waals surface area contributed by atoms with E-state index in [2.05, 4.69) is 28.6 Å². The van der Waals surface area contributed by atoms with E-state index in [4.69, 9.17) is 11.6 Å². The molecule has 1 aromatic heterocycles. The summed E-state index contributed by atoms with van der Waals surface area (Å²) in [5, 5.41) is 9.71. The van der Waals surface area contributed by atoms with E-state index in [-0.39, 0.29) is 17.3 Å². The lowest BCUT2D eigenvalue weighted by atomic mass is 9.94. The van der Waals surface area contributed by atoms with Crippen molar-refractivity contribution in [3.8, 4) is 11.4 Å². The van der Waals surface area contributed by atoms with Crippen LogP contribution in [0.2, 0.25) is 5.02 Å². The average Bonchev–Trinajstić information content (AvgIpc) is 3.26. The number of aromatic nitrogens is 3. The summed E-state index contributed by atoms with van der Waals surface area (Å²) in [7, 11) is 0. The van der Waals surface area contributed by atoms with Gasteiger partial charge in [-0.3, -0.25) is 0 Å². The predicted molar refractivity (Wildman–Crippen MR) is 97.3 cm³/mol. The zero-order valence-electron chi connectivity index (χ0n) is 14.2. The molecule has 0 N–H and O–H groups in total. The molecule has 3 nitrogen and oxygen atoms in total. The molecule has 0 unspecified atom stereocenters. The molecule has 1 aliphatic carbocycles. The highest BCUT2D eigenvalue weighted by Gasteiger charge is 2.50. The summed E-state index contributed by atoms with van der Waals surface area (Å²) in [6.45, 7) is 4.25. The maximum atomic E-state index is 13.3. The molecule has 25 heavy (non-hydrogen) atoms. The van der Waals surface area contributed by atoms with Crippen LogP contribution in [0.5, 0.6) is 0 Å². The first-order valence-corrected chi connectivity index (χ1v) is 8.86. The molecule has 0 bridgehead atoms. The first-order chi connectivity index (χ1) is 12.0. The van der Waals surface area contributed by atoms with Crippen LogP contribution < -0.4 is 0 Å². The molecule has 5 heteroatoms. The van der Waals surface area contributed by atoms with Crippen LogP contribution in [0.3, 0.4) is 0 Å². The lowest BCUT2D eigenvalue weighted by Crippen LogP contribution is -2.18. The van der Waals surface area contributed by atoms with Gasteiger partial charge in [-0.25, -0.2) is 4.39 Å². The van der Waals surface area contributed by atoms with Crippen molar-refractivity contribution in [3.63, 3.8) is 0 Å². The molecule has 3 aromatic rings. The molecule has 0 spiro atoms. The van der Waals surface area contributed by atoms with Gasteiger partial charge in [-0.05, 0) is 56.5 Å². The van der Waals surface area contributed by atoms with Crippen molar-refractivity contribution < 1.29 is 4.39 Å². The molecule has 2 aromatic carbocycles. The number of hydrogen-bond acceptors (Lipinski definition) is 2. The molecule has 1 aliphatic rings. The summed E-state index contributed by atoms with van der Waals surface area (Å²) in [6.07, 6.45) is 2.00. The van der Waals surface area contributed by atoms with Gasteiger partial charge in [0.1, 0.15) is 11.6 Å². The number of halogens is 2. The molecule has 4 rings (SSSR count). The van der Waals surface area contributed by atoms with E-state index in [1.54, 1.807) is 0 Å². The van der Waals surface area contributed by atoms with Gasteiger partial charge in [0.05, 0.1) is 5.41 Å². The molecule has 0 saturated heterocycles. The normalized spacial score (nSPS) is 15.6. The van der Waals surface area contributed by atoms with E-state index in [0.717, 1.165) is 35.6 Å². The zero-order valence-corrected chi connectivity index (χ0v) is 15.0. The summed E-state index contributed by atoms with van der Waals surface area (Å²) < 4.78 is 15.5. The Labute approximate surface area is 151 Å². The molecule has 0 radical (unpaired) electrons. The maximum absolute atomic E-state index is 13.3. The van der Waals surface area contributed by atoms with Gasteiger partial charge in [-0.15, -0.1) is 10.2 Å². The van der Waals surface area contributed by atoms with Crippen LogP contribution in [0.4, 0.5) is 4.39 Å². The highest BCUT2D eigenvalue weighted by molar-refractivity contribution is 6.30. The summed E-state index contributed by atoms with van der Waals surface area (Å²) in [5.74, 6) is 1.55. The fourth-order valence-electron chi connectivity index (χ4n) is 3.47. The van der Waals surface area contributed by atoms with Crippen LogP contribution >= 0.6 is 11.6 Å². The van der Waals surface area contributed by atoms with Crippen molar-refractivity contribution in [1.29, 1.82) is 0 Å². The number of nitrogens with zero attached hydrogens (tertiary/aromatic N) is 3. The fourth-order valence-corrected chi connectivity index (χ4v) is 3.66. The summed E-state index contributed by atoms with van der Waals surface area (Å²) in [6, 6.07) is 14.6. The van der Waals surface area contributed by atoms with Crippen molar-refractivity contribution in [1.82, 2.24) is 14.8 Å². The van der Waals surface area contributed by atoms with Crippen LogP contribution in [-0.2, 0) is 5.41 Å². The largest absolute Gasteiger partial charge is 0.308 e. The van der Waals surface area contributed by atoms with Crippen molar-refractivity contribution in [2.45, 2.75) is 38.1 Å².